The lowest BCUT2D eigenvalue weighted by Crippen LogP contribution is -2.31. The summed E-state index contributed by atoms with van der Waals surface area (Å²) in [5.41, 5.74) is 1.10. The van der Waals surface area contributed by atoms with Crippen LogP contribution in [0.1, 0.15) is 38.3 Å². The Labute approximate surface area is 102 Å². The monoisotopic (exact) mass is 233 g/mol. The Morgan fingerprint density at radius 3 is 2.94 bits per heavy atom. The van der Waals surface area contributed by atoms with E-state index in [1.165, 1.54) is 0 Å². The van der Waals surface area contributed by atoms with E-state index in [9.17, 15) is 4.79 Å². The molecule has 0 aliphatic carbocycles. The lowest BCUT2D eigenvalue weighted by Gasteiger charge is -2.19. The van der Waals surface area contributed by atoms with E-state index in [4.69, 9.17) is 4.74 Å². The maximum atomic E-state index is 11.8. The number of nitrogens with one attached hydrogen (secondary N) is 1. The van der Waals surface area contributed by atoms with Gasteiger partial charge in [-0.25, -0.2) is 0 Å². The minimum absolute atomic E-state index is 0.0198. The van der Waals surface area contributed by atoms with Gasteiger partial charge in [-0.1, -0.05) is 32.0 Å². The molecule has 0 fully saturated rings. The van der Waals surface area contributed by atoms with Crippen LogP contribution in [-0.4, -0.2) is 12.5 Å². The van der Waals surface area contributed by atoms with Gasteiger partial charge in [-0.15, -0.1) is 0 Å². The first-order chi connectivity index (χ1) is 8.18. The van der Waals surface area contributed by atoms with Crippen molar-refractivity contribution in [3.8, 4) is 5.75 Å². The first kappa shape index (κ1) is 12.0. The third-order valence-electron chi connectivity index (χ3n) is 3.03. The molecule has 1 aliphatic rings. The molecule has 1 N–H and O–H groups in total. The van der Waals surface area contributed by atoms with Gasteiger partial charge < -0.3 is 10.1 Å². The number of amides is 1. The lowest BCUT2D eigenvalue weighted by molar-refractivity contribution is -0.124. The van der Waals surface area contributed by atoms with Crippen LogP contribution in [0.5, 0.6) is 5.75 Å². The zero-order valence-corrected chi connectivity index (χ0v) is 10.4. The van der Waals surface area contributed by atoms with Gasteiger partial charge in [0.1, 0.15) is 5.75 Å². The van der Waals surface area contributed by atoms with E-state index in [0.717, 1.165) is 30.8 Å². The van der Waals surface area contributed by atoms with Crippen LogP contribution in [0.15, 0.2) is 24.3 Å². The fourth-order valence-electron chi connectivity index (χ4n) is 2.01. The maximum absolute atomic E-state index is 11.8. The highest BCUT2D eigenvalue weighted by Gasteiger charge is 2.21. The van der Waals surface area contributed by atoms with Crippen molar-refractivity contribution in [2.24, 2.45) is 5.92 Å². The van der Waals surface area contributed by atoms with Crippen molar-refractivity contribution in [2.75, 3.05) is 6.61 Å². The average molecular weight is 233 g/mol. The summed E-state index contributed by atoms with van der Waals surface area (Å²) in [5.74, 6) is 1.03. The topological polar surface area (TPSA) is 38.3 Å². The molecule has 0 saturated carbocycles. The summed E-state index contributed by atoms with van der Waals surface area (Å²) in [6.07, 6.45) is 1.91. The molecular weight excluding hydrogens is 214 g/mol. The molecule has 1 heterocycles. The molecule has 1 aromatic carbocycles. The maximum Gasteiger partial charge on any atom is 0.223 e. The normalized spacial score (nSPS) is 19.1. The van der Waals surface area contributed by atoms with E-state index >= 15 is 0 Å². The number of ether oxygens (including phenoxy) is 1. The standard InChI is InChI=1S/C14H19NO2/c1-10(2)14(16)15-12-7-5-9-17-13-8-4-3-6-11(12)13/h3-4,6,8,10,12H,5,7,9H2,1-2H3,(H,15,16)/t12-/m0/s1. The Kier molecular flexibility index (Phi) is 3.67. The minimum Gasteiger partial charge on any atom is -0.493 e. The largest absolute Gasteiger partial charge is 0.493 e. The summed E-state index contributed by atoms with van der Waals surface area (Å²) in [7, 11) is 0. The SMILES string of the molecule is CC(C)C(=O)N[C@H]1CCCOc2ccccc21. The fraction of sp³-hybridized carbons (Fsp3) is 0.500. The third-order valence-corrected chi connectivity index (χ3v) is 3.03. The van der Waals surface area contributed by atoms with Crippen molar-refractivity contribution in [3.05, 3.63) is 29.8 Å². The molecule has 1 atom stereocenters. The summed E-state index contributed by atoms with van der Waals surface area (Å²) < 4.78 is 5.67. The molecule has 0 spiro atoms. The first-order valence-electron chi connectivity index (χ1n) is 6.20. The van der Waals surface area contributed by atoms with E-state index in [1.807, 2.05) is 38.1 Å². The van der Waals surface area contributed by atoms with Gasteiger partial charge in [0.05, 0.1) is 12.6 Å². The van der Waals surface area contributed by atoms with E-state index in [-0.39, 0.29) is 17.9 Å². The molecule has 0 saturated heterocycles. The molecule has 1 amide bonds. The number of benzene rings is 1. The highest BCUT2D eigenvalue weighted by molar-refractivity contribution is 5.78. The van der Waals surface area contributed by atoms with Crippen LogP contribution >= 0.6 is 0 Å². The Balaban J connectivity index is 2.20. The van der Waals surface area contributed by atoms with Gasteiger partial charge in [-0.05, 0) is 18.9 Å². The highest BCUT2D eigenvalue weighted by Crippen LogP contribution is 2.31. The summed E-state index contributed by atoms with van der Waals surface area (Å²) >= 11 is 0. The van der Waals surface area contributed by atoms with Crippen LogP contribution in [0.25, 0.3) is 0 Å². The van der Waals surface area contributed by atoms with Crippen LogP contribution < -0.4 is 10.1 Å². The number of hydrogen-bond donors (Lipinski definition) is 1. The molecule has 92 valence electrons. The van der Waals surface area contributed by atoms with E-state index < -0.39 is 0 Å². The average Bonchev–Trinajstić information content (AvgIpc) is 2.52. The van der Waals surface area contributed by atoms with Gasteiger partial charge in [-0.3, -0.25) is 4.79 Å². The Hall–Kier alpha value is -1.51. The second-order valence-electron chi connectivity index (χ2n) is 4.74. The quantitative estimate of drug-likeness (QED) is 0.852. The Morgan fingerprint density at radius 1 is 1.41 bits per heavy atom. The summed E-state index contributed by atoms with van der Waals surface area (Å²) in [4.78, 5) is 11.8. The molecule has 0 radical (unpaired) electrons. The van der Waals surface area contributed by atoms with Crippen molar-refractivity contribution < 1.29 is 9.53 Å². The van der Waals surface area contributed by atoms with Crippen LogP contribution in [-0.2, 0) is 4.79 Å². The first-order valence-corrected chi connectivity index (χ1v) is 6.20. The summed E-state index contributed by atoms with van der Waals surface area (Å²) in [6.45, 7) is 4.55. The molecule has 0 aromatic heterocycles. The number of hydrogen-bond acceptors (Lipinski definition) is 2. The number of rotatable bonds is 2. The van der Waals surface area contributed by atoms with Gasteiger partial charge in [0.15, 0.2) is 0 Å². The van der Waals surface area contributed by atoms with E-state index in [2.05, 4.69) is 5.32 Å². The molecule has 1 aromatic rings. The number of carbonyl (C=O) groups is 1. The Bertz CT molecular complexity index is 401. The molecule has 0 unspecified atom stereocenters. The second kappa shape index (κ2) is 5.21. The van der Waals surface area contributed by atoms with Gasteiger partial charge in [0.25, 0.3) is 0 Å². The number of carbonyl (C=O) groups excluding carboxylic acids is 1. The van der Waals surface area contributed by atoms with Gasteiger partial charge in [0, 0.05) is 11.5 Å². The fourth-order valence-corrected chi connectivity index (χ4v) is 2.01. The highest BCUT2D eigenvalue weighted by atomic mass is 16.5. The Morgan fingerprint density at radius 2 is 2.18 bits per heavy atom. The van der Waals surface area contributed by atoms with E-state index in [0.29, 0.717) is 0 Å². The van der Waals surface area contributed by atoms with Gasteiger partial charge >= 0.3 is 0 Å². The molecule has 2 rings (SSSR count). The van der Waals surface area contributed by atoms with Crippen LogP contribution in [0.3, 0.4) is 0 Å². The number of fused-ring (bicyclic) bond motifs is 1. The lowest BCUT2D eigenvalue weighted by atomic mass is 10.0. The molecule has 1 aliphatic heterocycles. The van der Waals surface area contributed by atoms with Gasteiger partial charge in [0.2, 0.25) is 5.91 Å². The summed E-state index contributed by atoms with van der Waals surface area (Å²) in [5, 5.41) is 3.10. The van der Waals surface area contributed by atoms with E-state index in [1.54, 1.807) is 0 Å². The molecular formula is C14H19NO2. The van der Waals surface area contributed by atoms with Crippen molar-refractivity contribution in [2.45, 2.75) is 32.7 Å². The zero-order chi connectivity index (χ0) is 12.3. The van der Waals surface area contributed by atoms with Crippen molar-refractivity contribution >= 4 is 5.91 Å². The predicted molar refractivity (Wildman–Crippen MR) is 66.9 cm³/mol. The smallest absolute Gasteiger partial charge is 0.223 e. The van der Waals surface area contributed by atoms with Crippen LogP contribution in [0.2, 0.25) is 0 Å². The minimum atomic E-state index is 0.0198. The summed E-state index contributed by atoms with van der Waals surface area (Å²) in [6, 6.07) is 8.04. The van der Waals surface area contributed by atoms with Crippen molar-refractivity contribution in [3.63, 3.8) is 0 Å². The van der Waals surface area contributed by atoms with Crippen LogP contribution in [0, 0.1) is 5.92 Å². The van der Waals surface area contributed by atoms with Gasteiger partial charge in [-0.2, -0.15) is 0 Å². The molecule has 17 heavy (non-hydrogen) atoms. The molecule has 0 bridgehead atoms. The van der Waals surface area contributed by atoms with Crippen molar-refractivity contribution in [1.29, 1.82) is 0 Å². The van der Waals surface area contributed by atoms with Crippen LogP contribution in [0.4, 0.5) is 0 Å². The predicted octanol–water partition coefficient (Wildman–Crippen LogP) is 2.67. The third kappa shape index (κ3) is 2.78. The molecule has 3 nitrogen and oxygen atoms in total. The second-order valence-corrected chi connectivity index (χ2v) is 4.74. The van der Waals surface area contributed by atoms with Crippen molar-refractivity contribution in [1.82, 2.24) is 5.32 Å². The zero-order valence-electron chi connectivity index (χ0n) is 10.4. The molecule has 3 heteroatoms. The number of para-hydroxylation sites is 1.